The van der Waals surface area contributed by atoms with Gasteiger partial charge in [0.1, 0.15) is 31.8 Å². The van der Waals surface area contributed by atoms with Crippen molar-refractivity contribution >= 4 is 57.4 Å². The molecule has 0 bridgehead atoms. The highest BCUT2D eigenvalue weighted by Crippen LogP contribution is 2.64. The third-order valence-corrected chi connectivity index (χ3v) is 6.16. The molecule has 1 heterocycles. The van der Waals surface area contributed by atoms with Crippen LogP contribution in [0.25, 0.3) is 0 Å². The Bertz CT molecular complexity index is 734. The second-order valence-corrected chi connectivity index (χ2v) is 8.27. The SMILES string of the molecule is CCOC(=O)c1c(N)sc(C(=O)NC)c1COC(=O)[C@@]1(C)CC1(Cl)Cl. The van der Waals surface area contributed by atoms with E-state index in [1.165, 1.54) is 7.05 Å². The first-order valence-corrected chi connectivity index (χ1v) is 9.01. The Morgan fingerprint density at radius 2 is 1.92 bits per heavy atom. The molecule has 0 unspecified atom stereocenters. The van der Waals surface area contributed by atoms with Crippen molar-refractivity contribution in [3.8, 4) is 0 Å². The third kappa shape index (κ3) is 3.56. The van der Waals surface area contributed by atoms with E-state index >= 15 is 0 Å². The number of anilines is 1. The van der Waals surface area contributed by atoms with E-state index in [0.717, 1.165) is 11.3 Å². The number of carbonyl (C=O) groups excluding carboxylic acids is 3. The van der Waals surface area contributed by atoms with Crippen molar-refractivity contribution < 1.29 is 23.9 Å². The summed E-state index contributed by atoms with van der Waals surface area (Å²) in [6.45, 7) is 3.06. The molecule has 0 radical (unpaired) electrons. The van der Waals surface area contributed by atoms with Crippen molar-refractivity contribution in [1.29, 1.82) is 0 Å². The standard InChI is InChI=1S/C15H18Cl2N2O5S/c1-4-23-12(21)8-7(9(11(20)19-3)25-10(8)18)5-24-13(22)14(2)6-15(14,16)17/h4-6,18H2,1-3H3,(H,19,20)/t14-/m1/s1. The highest BCUT2D eigenvalue weighted by molar-refractivity contribution is 7.18. The van der Waals surface area contributed by atoms with Crippen LogP contribution in [-0.2, 0) is 20.9 Å². The zero-order chi connectivity index (χ0) is 19.0. The largest absolute Gasteiger partial charge is 0.462 e. The number of ether oxygens (including phenoxy) is 2. The predicted molar refractivity (Wildman–Crippen MR) is 95.0 cm³/mol. The Labute approximate surface area is 158 Å². The fourth-order valence-electron chi connectivity index (χ4n) is 2.26. The Kier molecular flexibility index (Phi) is 5.56. The molecule has 7 nitrogen and oxygen atoms in total. The van der Waals surface area contributed by atoms with Crippen LogP contribution in [0.1, 0.15) is 45.9 Å². The van der Waals surface area contributed by atoms with Crippen molar-refractivity contribution in [2.75, 3.05) is 19.4 Å². The first-order valence-electron chi connectivity index (χ1n) is 7.44. The molecule has 25 heavy (non-hydrogen) atoms. The molecule has 1 aliphatic rings. The first-order chi connectivity index (χ1) is 11.6. The maximum atomic E-state index is 12.2. The molecule has 1 fully saturated rings. The monoisotopic (exact) mass is 408 g/mol. The number of nitrogen functional groups attached to an aromatic ring is 1. The van der Waals surface area contributed by atoms with Gasteiger partial charge in [-0.15, -0.1) is 34.5 Å². The highest BCUT2D eigenvalue weighted by Gasteiger charge is 2.69. The van der Waals surface area contributed by atoms with E-state index in [-0.39, 0.29) is 40.6 Å². The van der Waals surface area contributed by atoms with Crippen LogP contribution in [0.3, 0.4) is 0 Å². The molecule has 3 N–H and O–H groups in total. The minimum atomic E-state index is -1.18. The summed E-state index contributed by atoms with van der Waals surface area (Å²) in [5.74, 6) is -1.74. The number of nitrogens with one attached hydrogen (secondary N) is 1. The summed E-state index contributed by atoms with van der Waals surface area (Å²) >= 11 is 12.9. The molecule has 0 spiro atoms. The molecule has 1 aliphatic carbocycles. The zero-order valence-electron chi connectivity index (χ0n) is 13.9. The maximum Gasteiger partial charge on any atom is 0.341 e. The van der Waals surface area contributed by atoms with Crippen LogP contribution in [0.4, 0.5) is 5.00 Å². The number of esters is 2. The van der Waals surface area contributed by atoms with Gasteiger partial charge in [-0.3, -0.25) is 9.59 Å². The summed E-state index contributed by atoms with van der Waals surface area (Å²) < 4.78 is 9.06. The van der Waals surface area contributed by atoms with Crippen LogP contribution >= 0.6 is 34.5 Å². The van der Waals surface area contributed by atoms with Gasteiger partial charge in [0, 0.05) is 19.0 Å². The van der Waals surface area contributed by atoms with Gasteiger partial charge in [0.2, 0.25) is 0 Å². The van der Waals surface area contributed by atoms with Crippen LogP contribution in [0.15, 0.2) is 0 Å². The van der Waals surface area contributed by atoms with Gasteiger partial charge in [-0.05, 0) is 13.8 Å². The van der Waals surface area contributed by atoms with E-state index in [2.05, 4.69) is 5.32 Å². The van der Waals surface area contributed by atoms with E-state index < -0.39 is 27.6 Å². The minimum absolute atomic E-state index is 0.0298. The minimum Gasteiger partial charge on any atom is -0.462 e. The second-order valence-electron chi connectivity index (χ2n) is 5.74. The molecule has 1 aromatic heterocycles. The van der Waals surface area contributed by atoms with Gasteiger partial charge in [-0.1, -0.05) is 0 Å². The molecule has 0 saturated heterocycles. The molecule has 1 saturated carbocycles. The van der Waals surface area contributed by atoms with E-state index in [1.807, 2.05) is 0 Å². The molecule has 10 heteroatoms. The molecule has 1 amide bonds. The topological polar surface area (TPSA) is 108 Å². The molecule has 0 aromatic carbocycles. The number of hydrogen-bond acceptors (Lipinski definition) is 7. The Hall–Kier alpha value is -1.51. The number of hydrogen-bond donors (Lipinski definition) is 2. The average Bonchev–Trinajstić information content (AvgIpc) is 2.89. The fraction of sp³-hybridized carbons (Fsp3) is 0.533. The Morgan fingerprint density at radius 3 is 2.40 bits per heavy atom. The third-order valence-electron chi connectivity index (χ3n) is 4.00. The van der Waals surface area contributed by atoms with Gasteiger partial charge in [-0.25, -0.2) is 4.79 Å². The molecule has 138 valence electrons. The molecule has 0 aliphatic heterocycles. The van der Waals surface area contributed by atoms with Crippen molar-refractivity contribution in [3.05, 3.63) is 16.0 Å². The van der Waals surface area contributed by atoms with Gasteiger partial charge >= 0.3 is 11.9 Å². The van der Waals surface area contributed by atoms with Crippen LogP contribution in [0.5, 0.6) is 0 Å². The summed E-state index contributed by atoms with van der Waals surface area (Å²) in [6, 6.07) is 0. The van der Waals surface area contributed by atoms with E-state index in [0.29, 0.717) is 0 Å². The van der Waals surface area contributed by atoms with Crippen molar-refractivity contribution in [1.82, 2.24) is 5.32 Å². The lowest BCUT2D eigenvalue weighted by molar-refractivity contribution is -0.151. The Balaban J connectivity index is 2.29. The Morgan fingerprint density at radius 1 is 1.32 bits per heavy atom. The summed E-state index contributed by atoms with van der Waals surface area (Å²) in [6.07, 6.45) is 0.265. The van der Waals surface area contributed by atoms with Gasteiger partial charge in [0.15, 0.2) is 0 Å². The molecule has 2 rings (SSSR count). The average molecular weight is 409 g/mol. The summed E-state index contributed by atoms with van der Waals surface area (Å²) in [5.41, 5.74) is 5.08. The fourth-order valence-corrected chi connectivity index (χ4v) is 3.96. The zero-order valence-corrected chi connectivity index (χ0v) is 16.2. The van der Waals surface area contributed by atoms with Crippen LogP contribution in [0.2, 0.25) is 0 Å². The van der Waals surface area contributed by atoms with Crippen LogP contribution in [0, 0.1) is 5.41 Å². The molecule has 1 atom stereocenters. The summed E-state index contributed by atoms with van der Waals surface area (Å²) in [5, 5.41) is 2.57. The number of alkyl halides is 2. The van der Waals surface area contributed by atoms with Gasteiger partial charge in [-0.2, -0.15) is 0 Å². The lowest BCUT2D eigenvalue weighted by Crippen LogP contribution is -2.23. The quantitative estimate of drug-likeness (QED) is 0.552. The molecule has 1 aromatic rings. The normalized spacial score (nSPS) is 20.7. The lowest BCUT2D eigenvalue weighted by Gasteiger charge is -2.13. The number of carbonyl (C=O) groups is 3. The van der Waals surface area contributed by atoms with Gasteiger partial charge in [0.25, 0.3) is 5.91 Å². The van der Waals surface area contributed by atoms with Crippen LogP contribution < -0.4 is 11.1 Å². The van der Waals surface area contributed by atoms with Crippen molar-refractivity contribution in [2.24, 2.45) is 5.41 Å². The van der Waals surface area contributed by atoms with E-state index in [4.69, 9.17) is 38.4 Å². The highest BCUT2D eigenvalue weighted by atomic mass is 35.5. The van der Waals surface area contributed by atoms with Crippen LogP contribution in [-0.4, -0.2) is 35.8 Å². The van der Waals surface area contributed by atoms with Gasteiger partial charge < -0.3 is 20.5 Å². The molecular weight excluding hydrogens is 391 g/mol. The first kappa shape index (κ1) is 19.8. The van der Waals surface area contributed by atoms with Crippen molar-refractivity contribution in [3.63, 3.8) is 0 Å². The lowest BCUT2D eigenvalue weighted by atomic mass is 10.1. The molecular formula is C15H18Cl2N2O5S. The number of rotatable bonds is 6. The number of thiophene rings is 1. The van der Waals surface area contributed by atoms with Gasteiger partial charge in [0.05, 0.1) is 6.61 Å². The van der Waals surface area contributed by atoms with E-state index in [9.17, 15) is 14.4 Å². The predicted octanol–water partition coefficient (Wildman–Crippen LogP) is 2.49. The van der Waals surface area contributed by atoms with E-state index in [1.54, 1.807) is 13.8 Å². The second kappa shape index (κ2) is 7.01. The number of amides is 1. The maximum absolute atomic E-state index is 12.2. The smallest absolute Gasteiger partial charge is 0.341 e. The number of halogens is 2. The number of nitrogens with two attached hydrogens (primary N) is 1. The summed E-state index contributed by atoms with van der Waals surface area (Å²) in [4.78, 5) is 36.6. The van der Waals surface area contributed by atoms with Crippen molar-refractivity contribution in [2.45, 2.75) is 31.2 Å². The summed E-state index contributed by atoms with van der Waals surface area (Å²) in [7, 11) is 1.44.